The molecule has 0 aliphatic rings. The standard InChI is InChI=1S/C17H17ClN4O6/c1-27-11-4-3-10(13(5-11)28-2)7-22(17(24,25)26)12-6-14(18)20-16-15(12)19-8-21(16)9-23/h3-6,8-9,24-26H,7H2,1-2H3. The molecule has 28 heavy (non-hydrogen) atoms. The second-order valence-corrected chi connectivity index (χ2v) is 6.14. The van der Waals surface area contributed by atoms with Gasteiger partial charge in [0.05, 0.1) is 26.5 Å². The van der Waals surface area contributed by atoms with Crippen molar-refractivity contribution in [1.82, 2.24) is 14.5 Å². The van der Waals surface area contributed by atoms with Crippen molar-refractivity contribution < 1.29 is 29.6 Å². The van der Waals surface area contributed by atoms with Crippen LogP contribution in [0.3, 0.4) is 0 Å². The minimum Gasteiger partial charge on any atom is -0.497 e. The molecule has 0 bridgehead atoms. The van der Waals surface area contributed by atoms with Crippen LogP contribution >= 0.6 is 11.6 Å². The molecule has 0 radical (unpaired) electrons. The molecule has 0 fully saturated rings. The molecule has 10 nitrogen and oxygen atoms in total. The number of fused-ring (bicyclic) bond motifs is 1. The summed E-state index contributed by atoms with van der Waals surface area (Å²) in [4.78, 5) is 20.1. The van der Waals surface area contributed by atoms with Crippen LogP contribution in [-0.4, -0.2) is 56.6 Å². The lowest BCUT2D eigenvalue weighted by Gasteiger charge is -2.32. The fraction of sp³-hybridized carbons (Fsp3) is 0.235. The lowest BCUT2D eigenvalue weighted by molar-refractivity contribution is -0.310. The number of pyridine rings is 1. The zero-order valence-corrected chi connectivity index (χ0v) is 15.7. The maximum atomic E-state index is 11.2. The number of methoxy groups -OCH3 is 2. The van der Waals surface area contributed by atoms with Crippen molar-refractivity contribution in [3.63, 3.8) is 0 Å². The number of ether oxygens (including phenoxy) is 2. The number of imidazole rings is 1. The number of aliphatic hydroxyl groups is 3. The molecule has 11 heteroatoms. The van der Waals surface area contributed by atoms with Gasteiger partial charge >= 0.3 is 6.10 Å². The summed E-state index contributed by atoms with van der Waals surface area (Å²) in [5.74, 6) is 0.929. The zero-order valence-electron chi connectivity index (χ0n) is 14.9. The molecule has 1 aromatic carbocycles. The maximum absolute atomic E-state index is 11.2. The van der Waals surface area contributed by atoms with Gasteiger partial charge in [-0.3, -0.25) is 14.3 Å². The van der Waals surface area contributed by atoms with Crippen LogP contribution in [0, 0.1) is 0 Å². The first-order valence-electron chi connectivity index (χ1n) is 7.92. The Hall–Kier alpha value is -2.92. The van der Waals surface area contributed by atoms with Crippen molar-refractivity contribution >= 4 is 34.9 Å². The van der Waals surface area contributed by atoms with Crippen LogP contribution in [0.5, 0.6) is 11.5 Å². The monoisotopic (exact) mass is 408 g/mol. The van der Waals surface area contributed by atoms with Gasteiger partial charge in [0.25, 0.3) is 0 Å². The average Bonchev–Trinajstić information content (AvgIpc) is 3.07. The summed E-state index contributed by atoms with van der Waals surface area (Å²) in [6, 6.07) is 6.19. The van der Waals surface area contributed by atoms with E-state index in [1.807, 2.05) is 0 Å². The number of benzene rings is 1. The van der Waals surface area contributed by atoms with E-state index in [1.54, 1.807) is 18.2 Å². The largest absolute Gasteiger partial charge is 0.497 e. The van der Waals surface area contributed by atoms with E-state index in [0.717, 1.165) is 9.47 Å². The number of carbonyl (C=O) groups is 1. The van der Waals surface area contributed by atoms with Crippen LogP contribution in [0.2, 0.25) is 5.15 Å². The number of aromatic nitrogens is 3. The molecule has 0 amide bonds. The Morgan fingerprint density at radius 2 is 2.00 bits per heavy atom. The smallest absolute Gasteiger partial charge is 0.370 e. The van der Waals surface area contributed by atoms with Crippen molar-refractivity contribution in [2.24, 2.45) is 0 Å². The highest BCUT2D eigenvalue weighted by Crippen LogP contribution is 2.34. The van der Waals surface area contributed by atoms with Crippen LogP contribution in [0.1, 0.15) is 5.56 Å². The topological polar surface area (TPSA) is 130 Å². The highest BCUT2D eigenvalue weighted by Gasteiger charge is 2.33. The second kappa shape index (κ2) is 7.60. The summed E-state index contributed by atoms with van der Waals surface area (Å²) in [6.45, 7) is -0.208. The summed E-state index contributed by atoms with van der Waals surface area (Å²) in [5, 5.41) is 29.9. The van der Waals surface area contributed by atoms with Gasteiger partial charge < -0.3 is 24.8 Å². The van der Waals surface area contributed by atoms with Crippen LogP contribution in [0.4, 0.5) is 5.69 Å². The summed E-state index contributed by atoms with van der Waals surface area (Å²) in [7, 11) is 2.94. The number of carbonyl (C=O) groups excluding carboxylic acids is 1. The summed E-state index contributed by atoms with van der Waals surface area (Å²) in [5.41, 5.74) is 0.764. The van der Waals surface area contributed by atoms with E-state index in [0.29, 0.717) is 23.5 Å². The Morgan fingerprint density at radius 1 is 1.25 bits per heavy atom. The molecular weight excluding hydrogens is 392 g/mol. The number of anilines is 1. The Labute approximate surface area is 164 Å². The molecule has 148 valence electrons. The Balaban J connectivity index is 2.14. The molecule has 0 aliphatic carbocycles. The van der Waals surface area contributed by atoms with Crippen molar-refractivity contribution in [1.29, 1.82) is 0 Å². The lowest BCUT2D eigenvalue weighted by Crippen LogP contribution is -2.48. The molecule has 0 saturated carbocycles. The first-order valence-corrected chi connectivity index (χ1v) is 8.30. The van der Waals surface area contributed by atoms with E-state index in [4.69, 9.17) is 21.1 Å². The normalized spacial score (nSPS) is 11.5. The molecule has 0 unspecified atom stereocenters. The van der Waals surface area contributed by atoms with Gasteiger partial charge in [-0.1, -0.05) is 11.6 Å². The van der Waals surface area contributed by atoms with Crippen molar-refractivity contribution in [3.8, 4) is 11.5 Å². The molecule has 2 heterocycles. The molecule has 0 aliphatic heterocycles. The highest BCUT2D eigenvalue weighted by molar-refractivity contribution is 6.30. The highest BCUT2D eigenvalue weighted by atomic mass is 35.5. The molecule has 3 N–H and O–H groups in total. The van der Waals surface area contributed by atoms with E-state index in [1.165, 1.54) is 26.6 Å². The third-order valence-corrected chi connectivity index (χ3v) is 4.26. The molecular formula is C17H17ClN4O6. The Kier molecular flexibility index (Phi) is 5.38. The first kappa shape index (κ1) is 19.8. The summed E-state index contributed by atoms with van der Waals surface area (Å²) < 4.78 is 11.5. The van der Waals surface area contributed by atoms with E-state index in [2.05, 4.69) is 9.97 Å². The zero-order chi connectivity index (χ0) is 20.5. The fourth-order valence-electron chi connectivity index (χ4n) is 2.75. The van der Waals surface area contributed by atoms with E-state index < -0.39 is 6.10 Å². The summed E-state index contributed by atoms with van der Waals surface area (Å²) >= 11 is 6.02. The number of rotatable bonds is 7. The average molecular weight is 409 g/mol. The van der Waals surface area contributed by atoms with Gasteiger partial charge in [-0.25, -0.2) is 9.97 Å². The van der Waals surface area contributed by atoms with Gasteiger partial charge in [-0.15, -0.1) is 0 Å². The third kappa shape index (κ3) is 3.71. The van der Waals surface area contributed by atoms with E-state index in [-0.39, 0.29) is 28.5 Å². The van der Waals surface area contributed by atoms with E-state index in [9.17, 15) is 20.1 Å². The van der Waals surface area contributed by atoms with Crippen LogP contribution in [0.15, 0.2) is 30.6 Å². The lowest BCUT2D eigenvalue weighted by atomic mass is 10.1. The van der Waals surface area contributed by atoms with Crippen molar-refractivity contribution in [2.45, 2.75) is 12.6 Å². The van der Waals surface area contributed by atoms with Gasteiger partial charge in [0, 0.05) is 17.7 Å². The minimum absolute atomic E-state index is 0.0398. The first-order chi connectivity index (χ1) is 13.3. The quantitative estimate of drug-likeness (QED) is 0.294. The SMILES string of the molecule is COc1ccc(CN(c2cc(Cl)nc3c2ncn3C=O)C(O)(O)O)c(OC)c1. The molecule has 0 spiro atoms. The molecule has 3 rings (SSSR count). The third-order valence-electron chi connectivity index (χ3n) is 4.07. The fourth-order valence-corrected chi connectivity index (χ4v) is 2.93. The maximum Gasteiger partial charge on any atom is 0.370 e. The van der Waals surface area contributed by atoms with Crippen molar-refractivity contribution in [3.05, 3.63) is 41.3 Å². The van der Waals surface area contributed by atoms with Gasteiger partial charge in [-0.05, 0) is 12.1 Å². The van der Waals surface area contributed by atoms with Crippen LogP contribution in [0.25, 0.3) is 11.2 Å². The number of hydrogen-bond acceptors (Lipinski definition) is 9. The van der Waals surface area contributed by atoms with E-state index >= 15 is 0 Å². The predicted molar refractivity (Wildman–Crippen MR) is 99.8 cm³/mol. The number of hydrogen-bond donors (Lipinski definition) is 3. The molecule has 3 aromatic rings. The van der Waals surface area contributed by atoms with Crippen molar-refractivity contribution in [2.75, 3.05) is 19.1 Å². The summed E-state index contributed by atoms with van der Waals surface area (Å²) in [6.07, 6.45) is -1.60. The van der Waals surface area contributed by atoms with Crippen LogP contribution in [-0.2, 0) is 11.3 Å². The van der Waals surface area contributed by atoms with Gasteiger partial charge in [-0.2, -0.15) is 0 Å². The number of halogens is 1. The molecule has 0 saturated heterocycles. The predicted octanol–water partition coefficient (Wildman–Crippen LogP) is 0.735. The second-order valence-electron chi connectivity index (χ2n) is 5.76. The van der Waals surface area contributed by atoms with Crippen LogP contribution < -0.4 is 14.4 Å². The molecule has 0 atom stereocenters. The molecule has 2 aromatic heterocycles. The Morgan fingerprint density at radius 3 is 2.61 bits per heavy atom. The minimum atomic E-state index is -3.27. The van der Waals surface area contributed by atoms with Gasteiger partial charge in [0.1, 0.15) is 28.5 Å². The van der Waals surface area contributed by atoms with Gasteiger partial charge in [0.2, 0.25) is 6.41 Å². The Bertz CT molecular complexity index is 1020. The van der Waals surface area contributed by atoms with Gasteiger partial charge in [0.15, 0.2) is 5.65 Å². The number of nitrogens with zero attached hydrogens (tertiary/aromatic N) is 4.